The van der Waals surface area contributed by atoms with Crippen LogP contribution in [0.1, 0.15) is 113 Å². The predicted molar refractivity (Wildman–Crippen MR) is 215 cm³/mol. The van der Waals surface area contributed by atoms with Gasteiger partial charge in [0.1, 0.15) is 0 Å². The van der Waals surface area contributed by atoms with E-state index in [1.807, 2.05) is 0 Å². The first-order valence-corrected chi connectivity index (χ1v) is 20.4. The van der Waals surface area contributed by atoms with Gasteiger partial charge in [0.15, 0.2) is 0 Å². The molecule has 2 spiro atoms. The van der Waals surface area contributed by atoms with E-state index in [1.165, 1.54) is 100 Å². The van der Waals surface area contributed by atoms with E-state index in [9.17, 15) is 0 Å². The maximum atomic E-state index is 2.68. The van der Waals surface area contributed by atoms with Gasteiger partial charge < -0.3 is 4.90 Å². The van der Waals surface area contributed by atoms with Crippen LogP contribution in [0.4, 0.5) is 17.1 Å². The third-order valence-corrected chi connectivity index (χ3v) is 16.8. The summed E-state index contributed by atoms with van der Waals surface area (Å²) in [5, 5.41) is 0. The van der Waals surface area contributed by atoms with E-state index in [0.29, 0.717) is 5.41 Å². The summed E-state index contributed by atoms with van der Waals surface area (Å²) in [6.07, 6.45) is 8.33. The molecule has 1 heteroatoms. The molecule has 7 aliphatic carbocycles. The van der Waals surface area contributed by atoms with E-state index >= 15 is 0 Å². The Kier molecular flexibility index (Phi) is 5.45. The van der Waals surface area contributed by atoms with Gasteiger partial charge in [-0.25, -0.2) is 0 Å². The molecule has 4 saturated carbocycles. The Morgan fingerprint density at radius 3 is 1.73 bits per heavy atom. The second kappa shape index (κ2) is 9.33. The molecule has 5 aromatic rings. The van der Waals surface area contributed by atoms with Crippen LogP contribution in [0, 0.1) is 29.1 Å². The first-order chi connectivity index (χ1) is 25.0. The van der Waals surface area contributed by atoms with Crippen LogP contribution < -0.4 is 4.90 Å². The van der Waals surface area contributed by atoms with Crippen molar-refractivity contribution in [1.29, 1.82) is 0 Å². The largest absolute Gasteiger partial charge is 0.310 e. The molecule has 1 nitrogen and oxygen atoms in total. The second-order valence-corrected chi connectivity index (χ2v) is 20.1. The van der Waals surface area contributed by atoms with E-state index in [0.717, 1.165) is 23.7 Å². The lowest BCUT2D eigenvalue weighted by Gasteiger charge is -2.76. The minimum atomic E-state index is -0.0537. The molecule has 12 rings (SSSR count). The van der Waals surface area contributed by atoms with Crippen molar-refractivity contribution in [3.05, 3.63) is 137 Å². The molecule has 5 aromatic carbocycles. The van der Waals surface area contributed by atoms with Crippen molar-refractivity contribution in [1.82, 2.24) is 0 Å². The Morgan fingerprint density at radius 1 is 0.481 bits per heavy atom. The standard InChI is InChI=1S/C51H51N/c1-47(2)21-22-48(3,4)44-28-34(17-20-41(44)47)52(32-15-18-37-35-11-7-9-13-39(35)49(5,6)42(37)26-32)33-16-19-38-36-12-8-10-14-40(36)51(43(38)27-33)45-24-30-23-31-25-46(51)50(31,45)29-30/h7-20,26-28,30-31,45-46H,21-25,29H2,1-6H3. The zero-order valence-electron chi connectivity index (χ0n) is 31.8. The fourth-order valence-electron chi connectivity index (χ4n) is 14.4. The average Bonchev–Trinajstić information content (AvgIpc) is 3.82. The third-order valence-electron chi connectivity index (χ3n) is 16.8. The fourth-order valence-corrected chi connectivity index (χ4v) is 14.4. The number of benzene rings is 5. The first-order valence-electron chi connectivity index (χ1n) is 20.4. The third kappa shape index (κ3) is 3.32. The molecular formula is C51H51N. The molecule has 6 unspecified atom stereocenters. The van der Waals surface area contributed by atoms with Gasteiger partial charge in [-0.15, -0.1) is 0 Å². The monoisotopic (exact) mass is 677 g/mol. The quantitative estimate of drug-likeness (QED) is 0.184. The molecule has 0 aliphatic heterocycles. The lowest BCUT2D eigenvalue weighted by atomic mass is 9.27. The van der Waals surface area contributed by atoms with Gasteiger partial charge in [0.2, 0.25) is 0 Å². The summed E-state index contributed by atoms with van der Waals surface area (Å²) in [7, 11) is 0. The number of hydrogen-bond acceptors (Lipinski definition) is 1. The van der Waals surface area contributed by atoms with Gasteiger partial charge in [-0.3, -0.25) is 0 Å². The summed E-state index contributed by atoms with van der Waals surface area (Å²) >= 11 is 0. The summed E-state index contributed by atoms with van der Waals surface area (Å²) < 4.78 is 0. The lowest BCUT2D eigenvalue weighted by Crippen LogP contribution is -2.73. The van der Waals surface area contributed by atoms with Crippen molar-refractivity contribution in [2.24, 2.45) is 29.1 Å². The van der Waals surface area contributed by atoms with Crippen LogP contribution in [0.3, 0.4) is 0 Å². The summed E-state index contributed by atoms with van der Waals surface area (Å²) in [5.74, 6) is 3.56. The summed E-state index contributed by atoms with van der Waals surface area (Å²) in [5.41, 5.74) is 19.9. The summed E-state index contributed by atoms with van der Waals surface area (Å²) in [6.45, 7) is 14.7. The van der Waals surface area contributed by atoms with E-state index in [1.54, 1.807) is 11.1 Å². The number of hydrogen-bond donors (Lipinski definition) is 0. The minimum Gasteiger partial charge on any atom is -0.310 e. The SMILES string of the molecule is CC1(C)CCC(C)(C)c2cc(N(c3ccc4c(c3)C(C)(C)c3ccccc3-4)c3ccc4c(c3)C3(c5ccccc5-4)C4CC5CC6CC3C64C5)ccc21. The van der Waals surface area contributed by atoms with E-state index in [4.69, 9.17) is 0 Å². The van der Waals surface area contributed by atoms with Gasteiger partial charge in [-0.2, -0.15) is 0 Å². The van der Waals surface area contributed by atoms with Crippen LogP contribution in [0.2, 0.25) is 0 Å². The molecule has 0 saturated heterocycles. The highest BCUT2D eigenvalue weighted by Gasteiger charge is 2.84. The highest BCUT2D eigenvalue weighted by atomic mass is 15.1. The van der Waals surface area contributed by atoms with E-state index in [-0.39, 0.29) is 21.7 Å². The normalized spacial score (nSPS) is 31.8. The molecule has 0 heterocycles. The van der Waals surface area contributed by atoms with Crippen molar-refractivity contribution >= 4 is 17.1 Å². The zero-order valence-corrected chi connectivity index (χ0v) is 31.8. The second-order valence-electron chi connectivity index (χ2n) is 20.1. The van der Waals surface area contributed by atoms with Crippen LogP contribution in [0.5, 0.6) is 0 Å². The molecule has 2 bridgehead atoms. The van der Waals surface area contributed by atoms with Crippen LogP contribution >= 0.6 is 0 Å². The smallest absolute Gasteiger partial charge is 0.0465 e. The van der Waals surface area contributed by atoms with Crippen molar-refractivity contribution in [2.45, 2.75) is 102 Å². The van der Waals surface area contributed by atoms with Gasteiger partial charge in [0.05, 0.1) is 0 Å². The van der Waals surface area contributed by atoms with Gasteiger partial charge in [0.25, 0.3) is 0 Å². The molecule has 260 valence electrons. The molecule has 0 aromatic heterocycles. The Balaban J connectivity index is 1.08. The molecule has 0 N–H and O–H groups in total. The van der Waals surface area contributed by atoms with Crippen molar-refractivity contribution in [2.75, 3.05) is 4.90 Å². The average molecular weight is 678 g/mol. The number of rotatable bonds is 3. The van der Waals surface area contributed by atoms with E-state index in [2.05, 4.69) is 150 Å². The topological polar surface area (TPSA) is 3.24 Å². The fraction of sp³-hybridized carbons (Fsp3) is 0.412. The van der Waals surface area contributed by atoms with Gasteiger partial charge in [-0.05, 0) is 170 Å². The Labute approximate surface area is 310 Å². The van der Waals surface area contributed by atoms with E-state index < -0.39 is 0 Å². The van der Waals surface area contributed by atoms with Crippen molar-refractivity contribution in [3.63, 3.8) is 0 Å². The first kappa shape index (κ1) is 30.4. The van der Waals surface area contributed by atoms with Crippen LogP contribution in [0.15, 0.2) is 103 Å². The number of fused-ring (bicyclic) bond motifs is 12. The van der Waals surface area contributed by atoms with Gasteiger partial charge in [0, 0.05) is 27.9 Å². The molecular weight excluding hydrogens is 627 g/mol. The van der Waals surface area contributed by atoms with Gasteiger partial charge in [-0.1, -0.05) is 108 Å². The molecule has 6 atom stereocenters. The maximum Gasteiger partial charge on any atom is 0.0465 e. The lowest BCUT2D eigenvalue weighted by molar-refractivity contribution is -0.231. The maximum absolute atomic E-state index is 2.68. The van der Waals surface area contributed by atoms with Crippen molar-refractivity contribution in [3.8, 4) is 22.3 Å². The Bertz CT molecular complexity index is 2410. The Hall–Kier alpha value is -4.10. The van der Waals surface area contributed by atoms with Gasteiger partial charge >= 0.3 is 0 Å². The van der Waals surface area contributed by atoms with Crippen LogP contribution in [0.25, 0.3) is 22.3 Å². The summed E-state index contributed by atoms with van der Waals surface area (Å²) in [6, 6.07) is 41.1. The van der Waals surface area contributed by atoms with Crippen LogP contribution in [-0.4, -0.2) is 0 Å². The zero-order chi connectivity index (χ0) is 35.2. The number of nitrogens with zero attached hydrogens (tertiary/aromatic N) is 1. The minimum absolute atomic E-state index is 0.0537. The van der Waals surface area contributed by atoms with Crippen molar-refractivity contribution < 1.29 is 0 Å². The Morgan fingerprint density at radius 2 is 1.02 bits per heavy atom. The molecule has 4 fully saturated rings. The molecule has 7 aliphatic rings. The highest BCUT2D eigenvalue weighted by Crippen LogP contribution is 2.89. The van der Waals surface area contributed by atoms with Crippen LogP contribution in [-0.2, 0) is 21.7 Å². The predicted octanol–water partition coefficient (Wildman–Crippen LogP) is 13.1. The summed E-state index contributed by atoms with van der Waals surface area (Å²) in [4.78, 5) is 2.63. The molecule has 52 heavy (non-hydrogen) atoms. The number of anilines is 3. The highest BCUT2D eigenvalue weighted by molar-refractivity contribution is 5.89. The molecule has 0 radical (unpaired) electrons. The molecule has 0 amide bonds.